The van der Waals surface area contributed by atoms with Gasteiger partial charge in [-0.05, 0) is 38.5 Å². The maximum Gasteiger partial charge on any atom is 0.266 e. The van der Waals surface area contributed by atoms with Crippen LogP contribution in [0.4, 0.5) is 0 Å². The molecule has 0 aliphatic heterocycles. The zero-order valence-electron chi connectivity index (χ0n) is 22.0. The molecule has 0 radical (unpaired) electrons. The molecule has 0 aromatic rings. The van der Waals surface area contributed by atoms with Crippen LogP contribution >= 0.6 is 0 Å². The van der Waals surface area contributed by atoms with Crippen molar-refractivity contribution in [3.63, 3.8) is 0 Å². The summed E-state index contributed by atoms with van der Waals surface area (Å²) in [6.07, 6.45) is 23.2. The molecule has 202 valence electrons. The number of carbonyl (C=O) groups is 1. The van der Waals surface area contributed by atoms with E-state index in [1.807, 2.05) is 0 Å². The Bertz CT molecular complexity index is 606. The van der Waals surface area contributed by atoms with Gasteiger partial charge in [-0.25, -0.2) is 0 Å². The van der Waals surface area contributed by atoms with Crippen LogP contribution in [-0.4, -0.2) is 41.9 Å². The number of amides is 1. The fourth-order valence-corrected chi connectivity index (χ4v) is 4.85. The Morgan fingerprint density at radius 2 is 1.24 bits per heavy atom. The van der Waals surface area contributed by atoms with E-state index < -0.39 is 28.0 Å². The number of aliphatic hydroxyl groups is 1. The van der Waals surface area contributed by atoms with Crippen LogP contribution < -0.4 is 5.32 Å². The van der Waals surface area contributed by atoms with Crippen molar-refractivity contribution in [2.45, 2.75) is 148 Å². The van der Waals surface area contributed by atoms with Crippen LogP contribution in [0.15, 0.2) is 12.2 Å². The number of allylic oxidation sites excluding steroid dienone is 2. The molecular formula is C27H53NO5S. The van der Waals surface area contributed by atoms with Crippen LogP contribution in [0, 0.1) is 0 Å². The maximum absolute atomic E-state index is 12.3. The molecule has 1 amide bonds. The standard InChI is InChI=1S/C27H53NO5S/c1-3-5-7-9-11-12-13-14-15-17-19-21-23-27(30)28-25(24-34(31,32)33)26(29)22-20-18-16-10-8-6-4-2/h11-12,25-26,29H,3-10,13-24H2,1-2H3,(H,28,30)(H,31,32,33)/b12-11-. The molecule has 0 aliphatic rings. The summed E-state index contributed by atoms with van der Waals surface area (Å²) in [5.41, 5.74) is 0. The average molecular weight is 504 g/mol. The third-order valence-corrected chi connectivity index (χ3v) is 7.00. The molecule has 0 bridgehead atoms. The summed E-state index contributed by atoms with van der Waals surface area (Å²) >= 11 is 0. The predicted molar refractivity (Wildman–Crippen MR) is 143 cm³/mol. The van der Waals surface area contributed by atoms with Gasteiger partial charge in [0.1, 0.15) is 0 Å². The topological polar surface area (TPSA) is 104 Å². The molecule has 0 saturated heterocycles. The van der Waals surface area contributed by atoms with Gasteiger partial charge in [-0.3, -0.25) is 9.35 Å². The number of unbranched alkanes of at least 4 members (excludes halogenated alkanes) is 14. The molecule has 7 heteroatoms. The van der Waals surface area contributed by atoms with E-state index in [1.165, 1.54) is 51.4 Å². The first-order valence-corrected chi connectivity index (χ1v) is 15.5. The van der Waals surface area contributed by atoms with E-state index in [2.05, 4.69) is 31.3 Å². The first-order valence-electron chi connectivity index (χ1n) is 13.9. The zero-order valence-corrected chi connectivity index (χ0v) is 22.8. The summed E-state index contributed by atoms with van der Waals surface area (Å²) in [7, 11) is -4.29. The number of hydrogen-bond acceptors (Lipinski definition) is 4. The Balaban J connectivity index is 4.06. The summed E-state index contributed by atoms with van der Waals surface area (Å²) in [5.74, 6) is -0.912. The first-order chi connectivity index (χ1) is 16.3. The molecular weight excluding hydrogens is 450 g/mol. The van der Waals surface area contributed by atoms with Gasteiger partial charge in [0.25, 0.3) is 10.1 Å². The Morgan fingerprint density at radius 1 is 0.765 bits per heavy atom. The number of aliphatic hydroxyl groups excluding tert-OH is 1. The van der Waals surface area contributed by atoms with Crippen LogP contribution in [0.3, 0.4) is 0 Å². The van der Waals surface area contributed by atoms with Crippen molar-refractivity contribution < 1.29 is 22.9 Å². The molecule has 0 saturated carbocycles. The highest BCUT2D eigenvalue weighted by Crippen LogP contribution is 2.13. The number of carbonyl (C=O) groups excluding carboxylic acids is 1. The van der Waals surface area contributed by atoms with Gasteiger partial charge < -0.3 is 10.4 Å². The van der Waals surface area contributed by atoms with Crippen molar-refractivity contribution in [2.24, 2.45) is 0 Å². The van der Waals surface area contributed by atoms with Crippen LogP contribution in [0.1, 0.15) is 136 Å². The second-order valence-electron chi connectivity index (χ2n) is 9.67. The van der Waals surface area contributed by atoms with Crippen LogP contribution in [0.25, 0.3) is 0 Å². The molecule has 0 aromatic heterocycles. The van der Waals surface area contributed by atoms with Crippen molar-refractivity contribution in [1.82, 2.24) is 5.32 Å². The molecule has 0 aromatic carbocycles. The van der Waals surface area contributed by atoms with E-state index in [4.69, 9.17) is 0 Å². The number of hydrogen-bond donors (Lipinski definition) is 3. The predicted octanol–water partition coefficient (Wildman–Crippen LogP) is 6.73. The van der Waals surface area contributed by atoms with Crippen molar-refractivity contribution >= 4 is 16.0 Å². The molecule has 0 aliphatic carbocycles. The lowest BCUT2D eigenvalue weighted by atomic mass is 10.0. The Labute approximate surface area is 210 Å². The van der Waals surface area contributed by atoms with E-state index in [0.29, 0.717) is 12.8 Å². The van der Waals surface area contributed by atoms with Crippen molar-refractivity contribution in [3.05, 3.63) is 12.2 Å². The summed E-state index contributed by atoms with van der Waals surface area (Å²) in [4.78, 5) is 12.3. The SMILES string of the molecule is CCCCC/C=C\CCCCCCCC(=O)NC(CS(=O)(=O)O)C(O)CCCCCCCCC. The lowest BCUT2D eigenvalue weighted by Crippen LogP contribution is -2.47. The minimum Gasteiger partial charge on any atom is -0.391 e. The van der Waals surface area contributed by atoms with Crippen LogP contribution in [0.2, 0.25) is 0 Å². The zero-order chi connectivity index (χ0) is 25.5. The Kier molecular flexibility index (Phi) is 21.9. The van der Waals surface area contributed by atoms with Gasteiger partial charge in [-0.1, -0.05) is 103 Å². The van der Waals surface area contributed by atoms with Gasteiger partial charge in [-0.2, -0.15) is 8.42 Å². The van der Waals surface area contributed by atoms with Gasteiger partial charge in [0.2, 0.25) is 5.91 Å². The van der Waals surface area contributed by atoms with E-state index in [-0.39, 0.29) is 5.91 Å². The third-order valence-electron chi connectivity index (χ3n) is 6.22. The second kappa shape index (κ2) is 22.5. The molecule has 0 rings (SSSR count). The molecule has 6 nitrogen and oxygen atoms in total. The lowest BCUT2D eigenvalue weighted by molar-refractivity contribution is -0.122. The Morgan fingerprint density at radius 3 is 1.82 bits per heavy atom. The normalized spacial score (nSPS) is 13.9. The van der Waals surface area contributed by atoms with Crippen molar-refractivity contribution in [3.8, 4) is 0 Å². The Hall–Kier alpha value is -0.920. The summed E-state index contributed by atoms with van der Waals surface area (Å²) in [6.45, 7) is 4.39. The fraction of sp³-hybridized carbons (Fsp3) is 0.889. The summed E-state index contributed by atoms with van der Waals surface area (Å²) in [6, 6.07) is -0.966. The number of nitrogens with one attached hydrogen (secondary N) is 1. The molecule has 2 unspecified atom stereocenters. The minimum absolute atomic E-state index is 0.262. The summed E-state index contributed by atoms with van der Waals surface area (Å²) in [5, 5.41) is 13.1. The lowest BCUT2D eigenvalue weighted by Gasteiger charge is -2.23. The van der Waals surface area contributed by atoms with E-state index in [1.54, 1.807) is 0 Å². The number of rotatable bonds is 24. The van der Waals surface area contributed by atoms with Crippen molar-refractivity contribution in [2.75, 3.05) is 5.75 Å². The van der Waals surface area contributed by atoms with Gasteiger partial charge in [0.15, 0.2) is 0 Å². The van der Waals surface area contributed by atoms with E-state index >= 15 is 0 Å². The minimum atomic E-state index is -4.29. The monoisotopic (exact) mass is 503 g/mol. The molecule has 2 atom stereocenters. The second-order valence-corrected chi connectivity index (χ2v) is 11.2. The molecule has 3 N–H and O–H groups in total. The molecule has 0 spiro atoms. The third kappa shape index (κ3) is 22.9. The van der Waals surface area contributed by atoms with Crippen LogP contribution in [-0.2, 0) is 14.9 Å². The van der Waals surface area contributed by atoms with Gasteiger partial charge in [-0.15, -0.1) is 0 Å². The van der Waals surface area contributed by atoms with Crippen LogP contribution in [0.5, 0.6) is 0 Å². The highest BCUT2D eigenvalue weighted by Gasteiger charge is 2.25. The highest BCUT2D eigenvalue weighted by atomic mass is 32.2. The van der Waals surface area contributed by atoms with Gasteiger partial charge in [0, 0.05) is 6.42 Å². The summed E-state index contributed by atoms with van der Waals surface area (Å²) < 4.78 is 32.0. The molecule has 0 heterocycles. The molecule has 34 heavy (non-hydrogen) atoms. The maximum atomic E-state index is 12.3. The van der Waals surface area contributed by atoms with E-state index in [0.717, 1.165) is 57.8 Å². The highest BCUT2D eigenvalue weighted by molar-refractivity contribution is 7.85. The average Bonchev–Trinajstić information content (AvgIpc) is 2.77. The van der Waals surface area contributed by atoms with Gasteiger partial charge >= 0.3 is 0 Å². The quantitative estimate of drug-likeness (QED) is 0.0770. The smallest absolute Gasteiger partial charge is 0.266 e. The van der Waals surface area contributed by atoms with Gasteiger partial charge in [0.05, 0.1) is 17.9 Å². The molecule has 0 fully saturated rings. The fourth-order valence-electron chi connectivity index (χ4n) is 4.09. The largest absolute Gasteiger partial charge is 0.391 e. The van der Waals surface area contributed by atoms with Crippen molar-refractivity contribution in [1.29, 1.82) is 0 Å². The first kappa shape index (κ1) is 33.1. The van der Waals surface area contributed by atoms with E-state index in [9.17, 15) is 22.9 Å².